The summed E-state index contributed by atoms with van der Waals surface area (Å²) in [5.41, 5.74) is 0.912. The van der Waals surface area contributed by atoms with Gasteiger partial charge in [0, 0.05) is 24.3 Å². The van der Waals surface area contributed by atoms with E-state index in [2.05, 4.69) is 10.0 Å². The standard InChI is InChI=1S/C24H24FN3O5S/c1-15-6-9-18(14-21(15)34(32,33)27-17-10-7-16(25)8-11-17)26-22(29)12-13-28-23(30)19-4-2-3-5-20(19)24(28)31/h2-3,6-11,14,19-20,27H,4-5,12-13H2,1H3,(H,26,29). The lowest BCUT2D eigenvalue weighted by Crippen LogP contribution is -2.34. The van der Waals surface area contributed by atoms with Crippen molar-refractivity contribution in [3.05, 3.63) is 66.0 Å². The van der Waals surface area contributed by atoms with Crippen LogP contribution >= 0.6 is 0 Å². The first-order chi connectivity index (χ1) is 16.2. The fraction of sp³-hybridized carbons (Fsp3) is 0.292. The average molecular weight is 486 g/mol. The van der Waals surface area contributed by atoms with Crippen molar-refractivity contribution < 1.29 is 27.2 Å². The van der Waals surface area contributed by atoms with Crippen molar-refractivity contribution in [1.29, 1.82) is 0 Å². The quantitative estimate of drug-likeness (QED) is 0.462. The van der Waals surface area contributed by atoms with Crippen LogP contribution in [0.25, 0.3) is 0 Å². The minimum Gasteiger partial charge on any atom is -0.326 e. The number of carbonyl (C=O) groups is 3. The molecule has 1 aliphatic carbocycles. The maximum absolute atomic E-state index is 13.1. The third-order valence-corrected chi connectivity index (χ3v) is 7.54. The molecule has 0 saturated carbocycles. The molecule has 1 saturated heterocycles. The molecule has 2 N–H and O–H groups in total. The Labute approximate surface area is 196 Å². The van der Waals surface area contributed by atoms with Crippen LogP contribution in [0.1, 0.15) is 24.8 Å². The fourth-order valence-electron chi connectivity index (χ4n) is 4.22. The van der Waals surface area contributed by atoms with Crippen LogP contribution < -0.4 is 10.0 Å². The Morgan fingerprint density at radius 3 is 2.21 bits per heavy atom. The minimum absolute atomic E-state index is 0.0281. The van der Waals surface area contributed by atoms with Gasteiger partial charge in [-0.3, -0.25) is 24.0 Å². The number of rotatable bonds is 7. The Morgan fingerprint density at radius 2 is 1.59 bits per heavy atom. The second-order valence-electron chi connectivity index (χ2n) is 8.37. The topological polar surface area (TPSA) is 113 Å². The lowest BCUT2D eigenvalue weighted by molar-refractivity contribution is -0.140. The summed E-state index contributed by atoms with van der Waals surface area (Å²) in [4.78, 5) is 38.7. The summed E-state index contributed by atoms with van der Waals surface area (Å²) >= 11 is 0. The lowest BCUT2D eigenvalue weighted by Gasteiger charge is -2.15. The van der Waals surface area contributed by atoms with E-state index in [-0.39, 0.29) is 52.9 Å². The predicted octanol–water partition coefficient (Wildman–Crippen LogP) is 3.21. The normalized spacial score (nSPS) is 19.8. The van der Waals surface area contributed by atoms with Gasteiger partial charge in [0.2, 0.25) is 17.7 Å². The van der Waals surface area contributed by atoms with E-state index < -0.39 is 21.7 Å². The third kappa shape index (κ3) is 4.86. The van der Waals surface area contributed by atoms with Crippen LogP contribution in [0.2, 0.25) is 0 Å². The van der Waals surface area contributed by atoms with Gasteiger partial charge in [0.1, 0.15) is 5.82 Å². The number of aryl methyl sites for hydroxylation is 1. The second-order valence-corrected chi connectivity index (χ2v) is 10.0. The average Bonchev–Trinajstić information content (AvgIpc) is 3.05. The van der Waals surface area contributed by atoms with Crippen molar-refractivity contribution in [1.82, 2.24) is 4.90 Å². The van der Waals surface area contributed by atoms with E-state index in [1.54, 1.807) is 19.1 Å². The SMILES string of the molecule is Cc1ccc(NC(=O)CCN2C(=O)C3CC=CCC3C2=O)cc1S(=O)(=O)Nc1ccc(F)cc1. The summed E-state index contributed by atoms with van der Waals surface area (Å²) in [5.74, 6) is -2.13. The molecule has 2 aromatic rings. The fourth-order valence-corrected chi connectivity index (χ4v) is 5.55. The van der Waals surface area contributed by atoms with Gasteiger partial charge in [0.05, 0.1) is 16.7 Å². The minimum atomic E-state index is -3.99. The molecule has 34 heavy (non-hydrogen) atoms. The van der Waals surface area contributed by atoms with Gasteiger partial charge in [-0.1, -0.05) is 18.2 Å². The molecule has 2 aromatic carbocycles. The zero-order valence-corrected chi connectivity index (χ0v) is 19.3. The highest BCUT2D eigenvalue weighted by atomic mass is 32.2. The van der Waals surface area contributed by atoms with E-state index in [4.69, 9.17) is 0 Å². The molecule has 4 rings (SSSR count). The monoisotopic (exact) mass is 485 g/mol. The Kier molecular flexibility index (Phi) is 6.52. The molecule has 1 aliphatic heterocycles. The number of nitrogens with one attached hydrogen (secondary N) is 2. The number of anilines is 2. The van der Waals surface area contributed by atoms with Crippen LogP contribution in [0.4, 0.5) is 15.8 Å². The first kappa shape index (κ1) is 23.6. The summed E-state index contributed by atoms with van der Waals surface area (Å²) in [6, 6.07) is 9.34. The van der Waals surface area contributed by atoms with Gasteiger partial charge >= 0.3 is 0 Å². The van der Waals surface area contributed by atoms with E-state index in [1.165, 1.54) is 18.2 Å². The molecule has 2 unspecified atom stereocenters. The Morgan fingerprint density at radius 1 is 1.00 bits per heavy atom. The molecule has 0 radical (unpaired) electrons. The summed E-state index contributed by atoms with van der Waals surface area (Å²) in [6.45, 7) is 1.59. The lowest BCUT2D eigenvalue weighted by atomic mass is 9.85. The molecule has 0 bridgehead atoms. The van der Waals surface area contributed by atoms with E-state index in [9.17, 15) is 27.2 Å². The number of fused-ring (bicyclic) bond motifs is 1. The van der Waals surface area contributed by atoms with Crippen LogP contribution in [0.15, 0.2) is 59.5 Å². The highest BCUT2D eigenvalue weighted by molar-refractivity contribution is 7.92. The number of nitrogens with zero attached hydrogens (tertiary/aromatic N) is 1. The number of carbonyl (C=O) groups excluding carboxylic acids is 3. The molecule has 0 spiro atoms. The molecular formula is C24H24FN3O5S. The van der Waals surface area contributed by atoms with Gasteiger partial charge in [-0.25, -0.2) is 12.8 Å². The molecule has 178 valence electrons. The van der Waals surface area contributed by atoms with Crippen LogP contribution in [-0.2, 0) is 24.4 Å². The largest absolute Gasteiger partial charge is 0.326 e. The highest BCUT2D eigenvalue weighted by Crippen LogP contribution is 2.35. The Hall–Kier alpha value is -3.53. The number of amides is 3. The second kappa shape index (κ2) is 9.38. The summed E-state index contributed by atoms with van der Waals surface area (Å²) in [7, 11) is -3.99. The number of benzene rings is 2. The number of hydrogen-bond acceptors (Lipinski definition) is 5. The molecule has 10 heteroatoms. The van der Waals surface area contributed by atoms with Crippen LogP contribution in [0.3, 0.4) is 0 Å². The van der Waals surface area contributed by atoms with Crippen molar-refractivity contribution in [2.75, 3.05) is 16.6 Å². The molecule has 8 nitrogen and oxygen atoms in total. The molecule has 1 fully saturated rings. The van der Waals surface area contributed by atoms with Crippen LogP contribution in [0, 0.1) is 24.6 Å². The number of imide groups is 1. The number of likely N-dealkylation sites (tertiary alicyclic amines) is 1. The van der Waals surface area contributed by atoms with Crippen molar-refractivity contribution in [3.63, 3.8) is 0 Å². The molecular weight excluding hydrogens is 461 g/mol. The molecule has 2 aliphatic rings. The van der Waals surface area contributed by atoms with Gasteiger partial charge in [0.25, 0.3) is 10.0 Å². The number of allylic oxidation sites excluding steroid dienone is 2. The first-order valence-electron chi connectivity index (χ1n) is 10.8. The van der Waals surface area contributed by atoms with Crippen LogP contribution in [-0.4, -0.2) is 37.6 Å². The van der Waals surface area contributed by atoms with Crippen molar-refractivity contribution >= 4 is 39.1 Å². The van der Waals surface area contributed by atoms with Gasteiger partial charge in [-0.2, -0.15) is 0 Å². The molecule has 2 atom stereocenters. The maximum Gasteiger partial charge on any atom is 0.262 e. The van der Waals surface area contributed by atoms with Crippen LogP contribution in [0.5, 0.6) is 0 Å². The van der Waals surface area contributed by atoms with Crippen molar-refractivity contribution in [2.45, 2.75) is 31.1 Å². The maximum atomic E-state index is 13.1. The number of halogens is 1. The Bertz CT molecular complexity index is 1250. The van der Waals surface area contributed by atoms with Crippen molar-refractivity contribution in [2.24, 2.45) is 11.8 Å². The van der Waals surface area contributed by atoms with Gasteiger partial charge < -0.3 is 5.32 Å². The number of sulfonamides is 1. The summed E-state index contributed by atoms with van der Waals surface area (Å²) in [6.07, 6.45) is 4.76. The highest BCUT2D eigenvalue weighted by Gasteiger charge is 2.46. The first-order valence-corrected chi connectivity index (χ1v) is 12.3. The van der Waals surface area contributed by atoms with Gasteiger partial charge in [-0.15, -0.1) is 0 Å². The Balaban J connectivity index is 1.41. The van der Waals surface area contributed by atoms with E-state index in [0.29, 0.717) is 18.4 Å². The van der Waals surface area contributed by atoms with Crippen molar-refractivity contribution in [3.8, 4) is 0 Å². The molecule has 1 heterocycles. The van der Waals surface area contributed by atoms with E-state index >= 15 is 0 Å². The van der Waals surface area contributed by atoms with Gasteiger partial charge in [-0.05, 0) is 61.7 Å². The predicted molar refractivity (Wildman–Crippen MR) is 124 cm³/mol. The zero-order chi connectivity index (χ0) is 24.5. The third-order valence-electron chi connectivity index (χ3n) is 6.02. The molecule has 0 aromatic heterocycles. The number of hydrogen-bond donors (Lipinski definition) is 2. The van der Waals surface area contributed by atoms with Gasteiger partial charge in [0.15, 0.2) is 0 Å². The molecule has 3 amide bonds. The smallest absolute Gasteiger partial charge is 0.262 e. The summed E-state index contributed by atoms with van der Waals surface area (Å²) < 4.78 is 41.2. The zero-order valence-electron chi connectivity index (χ0n) is 18.5. The van der Waals surface area contributed by atoms with E-state index in [1.807, 2.05) is 12.2 Å². The summed E-state index contributed by atoms with van der Waals surface area (Å²) in [5, 5.41) is 2.63. The van der Waals surface area contributed by atoms with E-state index in [0.717, 1.165) is 17.0 Å².